The SMILES string of the molecule is O=C(NCCCCN1CCOCC1)c1sccc1S(=O)(=O)N1CCc2ccccc2C1. The van der Waals surface area contributed by atoms with Gasteiger partial charge in [-0.25, -0.2) is 8.42 Å². The summed E-state index contributed by atoms with van der Waals surface area (Å²) >= 11 is 1.18. The topological polar surface area (TPSA) is 79.0 Å². The van der Waals surface area contributed by atoms with Crippen LogP contribution in [0.5, 0.6) is 0 Å². The number of hydrogen-bond acceptors (Lipinski definition) is 6. The molecule has 0 radical (unpaired) electrons. The molecule has 1 N–H and O–H groups in total. The number of rotatable bonds is 8. The Morgan fingerprint density at radius 3 is 2.65 bits per heavy atom. The van der Waals surface area contributed by atoms with Crippen LogP contribution in [0.2, 0.25) is 0 Å². The minimum atomic E-state index is -3.72. The molecule has 2 aromatic rings. The Balaban J connectivity index is 1.33. The Hall–Kier alpha value is -1.78. The van der Waals surface area contributed by atoms with Gasteiger partial charge in [0.1, 0.15) is 9.77 Å². The van der Waals surface area contributed by atoms with Gasteiger partial charge in [0.15, 0.2) is 0 Å². The van der Waals surface area contributed by atoms with Gasteiger partial charge in [0, 0.05) is 32.7 Å². The fourth-order valence-corrected chi connectivity index (χ4v) is 6.78. The van der Waals surface area contributed by atoms with Crippen molar-refractivity contribution in [2.45, 2.75) is 30.7 Å². The molecule has 31 heavy (non-hydrogen) atoms. The van der Waals surface area contributed by atoms with E-state index in [4.69, 9.17) is 4.74 Å². The maximum absolute atomic E-state index is 13.3. The van der Waals surface area contributed by atoms with Crippen molar-refractivity contribution < 1.29 is 17.9 Å². The summed E-state index contributed by atoms with van der Waals surface area (Å²) < 4.78 is 33.4. The first-order chi connectivity index (χ1) is 15.1. The van der Waals surface area contributed by atoms with Crippen LogP contribution in [0.4, 0.5) is 0 Å². The number of fused-ring (bicyclic) bond motifs is 1. The maximum atomic E-state index is 13.3. The number of carbonyl (C=O) groups is 1. The lowest BCUT2D eigenvalue weighted by atomic mass is 10.0. The molecule has 0 atom stereocenters. The minimum Gasteiger partial charge on any atom is -0.379 e. The zero-order valence-electron chi connectivity index (χ0n) is 17.6. The summed E-state index contributed by atoms with van der Waals surface area (Å²) in [4.78, 5) is 15.5. The van der Waals surface area contributed by atoms with Crippen LogP contribution in [0, 0.1) is 0 Å². The first kappa shape index (κ1) is 22.4. The number of nitrogens with zero attached hydrogens (tertiary/aromatic N) is 2. The van der Waals surface area contributed by atoms with E-state index in [1.54, 1.807) is 11.4 Å². The second-order valence-corrected chi connectivity index (χ2v) is 10.7. The molecule has 1 fully saturated rings. The van der Waals surface area contributed by atoms with Gasteiger partial charge in [-0.05, 0) is 48.4 Å². The van der Waals surface area contributed by atoms with E-state index in [1.807, 2.05) is 24.3 Å². The Morgan fingerprint density at radius 1 is 1.06 bits per heavy atom. The molecule has 7 nitrogen and oxygen atoms in total. The average molecular weight is 464 g/mol. The zero-order valence-corrected chi connectivity index (χ0v) is 19.2. The molecule has 2 aliphatic heterocycles. The number of unbranched alkanes of at least 4 members (excludes halogenated alkanes) is 1. The summed E-state index contributed by atoms with van der Waals surface area (Å²) in [5.74, 6) is -0.308. The van der Waals surface area contributed by atoms with E-state index in [-0.39, 0.29) is 15.7 Å². The molecule has 0 saturated carbocycles. The quantitative estimate of drug-likeness (QED) is 0.608. The Labute approximate surface area is 188 Å². The lowest BCUT2D eigenvalue weighted by Crippen LogP contribution is -2.37. The van der Waals surface area contributed by atoms with E-state index in [0.717, 1.165) is 51.3 Å². The van der Waals surface area contributed by atoms with Crippen molar-refractivity contribution in [1.29, 1.82) is 0 Å². The highest BCUT2D eigenvalue weighted by Gasteiger charge is 2.32. The number of carbonyl (C=O) groups excluding carboxylic acids is 1. The zero-order chi connectivity index (χ0) is 21.7. The van der Waals surface area contributed by atoms with Crippen LogP contribution in [0.15, 0.2) is 40.6 Å². The second kappa shape index (κ2) is 10.2. The van der Waals surface area contributed by atoms with Crippen LogP contribution in [-0.4, -0.2) is 69.5 Å². The number of amides is 1. The Kier molecular flexibility index (Phi) is 7.39. The van der Waals surface area contributed by atoms with Crippen molar-refractivity contribution in [3.05, 3.63) is 51.7 Å². The molecule has 1 aromatic carbocycles. The van der Waals surface area contributed by atoms with E-state index in [2.05, 4.69) is 10.2 Å². The normalized spacial score (nSPS) is 17.9. The first-order valence-electron chi connectivity index (χ1n) is 10.8. The van der Waals surface area contributed by atoms with E-state index in [1.165, 1.54) is 21.2 Å². The number of morpholine rings is 1. The number of benzene rings is 1. The molecule has 3 heterocycles. The molecule has 9 heteroatoms. The molecule has 1 saturated heterocycles. The molecular formula is C22H29N3O4S2. The summed E-state index contributed by atoms with van der Waals surface area (Å²) in [5.41, 5.74) is 2.22. The van der Waals surface area contributed by atoms with Gasteiger partial charge >= 0.3 is 0 Å². The summed E-state index contributed by atoms with van der Waals surface area (Å²) in [6.07, 6.45) is 2.53. The van der Waals surface area contributed by atoms with Crippen molar-refractivity contribution in [2.75, 3.05) is 45.9 Å². The third-order valence-electron chi connectivity index (χ3n) is 5.84. The van der Waals surface area contributed by atoms with Crippen molar-refractivity contribution in [1.82, 2.24) is 14.5 Å². The number of thiophene rings is 1. The molecule has 1 amide bonds. The maximum Gasteiger partial charge on any atom is 0.262 e. The monoisotopic (exact) mass is 463 g/mol. The van der Waals surface area contributed by atoms with Gasteiger partial charge in [-0.15, -0.1) is 11.3 Å². The number of sulfonamides is 1. The van der Waals surface area contributed by atoms with Crippen LogP contribution in [0.1, 0.15) is 33.6 Å². The van der Waals surface area contributed by atoms with Crippen molar-refractivity contribution >= 4 is 27.3 Å². The highest BCUT2D eigenvalue weighted by atomic mass is 32.2. The Bertz CT molecular complexity index is 1000. The Morgan fingerprint density at radius 2 is 1.84 bits per heavy atom. The third-order valence-corrected chi connectivity index (χ3v) is 8.77. The van der Waals surface area contributed by atoms with Gasteiger partial charge < -0.3 is 10.1 Å². The smallest absolute Gasteiger partial charge is 0.262 e. The van der Waals surface area contributed by atoms with Gasteiger partial charge in [0.25, 0.3) is 5.91 Å². The van der Waals surface area contributed by atoms with Gasteiger partial charge in [0.2, 0.25) is 10.0 Å². The molecule has 4 rings (SSSR count). The molecule has 168 valence electrons. The largest absolute Gasteiger partial charge is 0.379 e. The van der Waals surface area contributed by atoms with Gasteiger partial charge in [-0.2, -0.15) is 4.31 Å². The lowest BCUT2D eigenvalue weighted by Gasteiger charge is -2.28. The molecule has 0 aliphatic carbocycles. The highest BCUT2D eigenvalue weighted by molar-refractivity contribution is 7.89. The molecule has 0 bridgehead atoms. The summed E-state index contributed by atoms with van der Waals surface area (Å²) in [6, 6.07) is 9.47. The van der Waals surface area contributed by atoms with E-state index in [0.29, 0.717) is 26.1 Å². The minimum absolute atomic E-state index is 0.114. The predicted octanol–water partition coefficient (Wildman–Crippen LogP) is 2.34. The van der Waals surface area contributed by atoms with E-state index in [9.17, 15) is 13.2 Å². The number of hydrogen-bond donors (Lipinski definition) is 1. The van der Waals surface area contributed by atoms with Crippen LogP contribution in [-0.2, 0) is 27.7 Å². The lowest BCUT2D eigenvalue weighted by molar-refractivity contribution is 0.0372. The highest BCUT2D eigenvalue weighted by Crippen LogP contribution is 2.29. The molecule has 0 spiro atoms. The van der Waals surface area contributed by atoms with Gasteiger partial charge in [0.05, 0.1) is 13.2 Å². The number of ether oxygens (including phenoxy) is 1. The summed E-state index contributed by atoms with van der Waals surface area (Å²) in [5, 5.41) is 4.58. The van der Waals surface area contributed by atoms with Gasteiger partial charge in [-0.1, -0.05) is 24.3 Å². The van der Waals surface area contributed by atoms with Crippen molar-refractivity contribution in [3.63, 3.8) is 0 Å². The van der Waals surface area contributed by atoms with Crippen molar-refractivity contribution in [3.8, 4) is 0 Å². The molecule has 2 aliphatic rings. The predicted molar refractivity (Wildman–Crippen MR) is 121 cm³/mol. The second-order valence-electron chi connectivity index (χ2n) is 7.89. The van der Waals surface area contributed by atoms with Crippen LogP contribution in [0.25, 0.3) is 0 Å². The van der Waals surface area contributed by atoms with E-state index < -0.39 is 10.0 Å². The summed E-state index contributed by atoms with van der Waals surface area (Å²) in [6.45, 7) is 5.80. The fourth-order valence-electron chi connectivity index (χ4n) is 4.05. The van der Waals surface area contributed by atoms with Crippen molar-refractivity contribution in [2.24, 2.45) is 0 Å². The van der Waals surface area contributed by atoms with Crippen LogP contribution in [0.3, 0.4) is 0 Å². The molecular weight excluding hydrogens is 434 g/mol. The average Bonchev–Trinajstić information content (AvgIpc) is 3.30. The molecule has 0 unspecified atom stereocenters. The third kappa shape index (κ3) is 5.35. The molecule has 1 aromatic heterocycles. The van der Waals surface area contributed by atoms with Crippen LogP contribution < -0.4 is 5.32 Å². The fraction of sp³-hybridized carbons (Fsp3) is 0.500. The van der Waals surface area contributed by atoms with E-state index >= 15 is 0 Å². The standard InChI is InChI=1S/C22H29N3O4S2/c26-22(23-9-3-4-10-24-12-14-29-15-13-24)21-20(8-16-30-21)31(27,28)25-11-7-18-5-1-2-6-19(18)17-25/h1-2,5-6,8,16H,3-4,7,9-15,17H2,(H,23,26). The number of nitrogens with one attached hydrogen (secondary N) is 1. The first-order valence-corrected chi connectivity index (χ1v) is 13.1. The summed E-state index contributed by atoms with van der Waals surface area (Å²) in [7, 11) is -3.72. The van der Waals surface area contributed by atoms with Crippen LogP contribution >= 0.6 is 11.3 Å². The van der Waals surface area contributed by atoms with Gasteiger partial charge in [-0.3, -0.25) is 9.69 Å².